The van der Waals surface area contributed by atoms with Gasteiger partial charge in [-0.15, -0.1) is 0 Å². The van der Waals surface area contributed by atoms with E-state index in [1.165, 1.54) is 10.7 Å². The fourth-order valence-electron chi connectivity index (χ4n) is 2.08. The summed E-state index contributed by atoms with van der Waals surface area (Å²) in [6.07, 6.45) is 0.229. The molecule has 0 fully saturated rings. The van der Waals surface area contributed by atoms with E-state index in [1.807, 2.05) is 43.3 Å². The van der Waals surface area contributed by atoms with Crippen LogP contribution in [-0.4, -0.2) is 16.4 Å². The van der Waals surface area contributed by atoms with E-state index in [1.54, 1.807) is 0 Å². The van der Waals surface area contributed by atoms with Crippen molar-refractivity contribution in [2.24, 2.45) is 0 Å². The Morgan fingerprint density at radius 3 is 2.77 bits per heavy atom. The molecular weight excluding hydrogens is 278 g/mol. The quantitative estimate of drug-likeness (QED) is 0.768. The van der Waals surface area contributed by atoms with Crippen molar-refractivity contribution in [2.75, 3.05) is 6.61 Å². The highest BCUT2D eigenvalue weighted by atomic mass is 16.5. The number of benzene rings is 1. The summed E-state index contributed by atoms with van der Waals surface area (Å²) < 4.78 is 6.73. The zero-order valence-corrected chi connectivity index (χ0v) is 12.5. The smallest absolute Gasteiger partial charge is 0.267 e. The van der Waals surface area contributed by atoms with E-state index < -0.39 is 0 Å². The molecule has 0 atom stereocenters. The Morgan fingerprint density at radius 2 is 2.14 bits per heavy atom. The first-order valence-corrected chi connectivity index (χ1v) is 7.04. The number of nitriles is 1. The number of ether oxygens (including phenoxy) is 1. The maximum absolute atomic E-state index is 12.1. The van der Waals surface area contributed by atoms with Gasteiger partial charge < -0.3 is 4.74 Å². The van der Waals surface area contributed by atoms with Gasteiger partial charge in [-0.05, 0) is 6.92 Å². The Hall–Kier alpha value is -2.87. The molecule has 22 heavy (non-hydrogen) atoms. The summed E-state index contributed by atoms with van der Waals surface area (Å²) >= 11 is 0. The molecule has 1 aromatic heterocycles. The van der Waals surface area contributed by atoms with E-state index in [0.717, 1.165) is 5.56 Å². The number of aromatic nitrogens is 2. The van der Waals surface area contributed by atoms with E-state index in [-0.39, 0.29) is 18.5 Å². The van der Waals surface area contributed by atoms with Crippen LogP contribution in [0.4, 0.5) is 0 Å². The van der Waals surface area contributed by atoms with Gasteiger partial charge in [-0.1, -0.05) is 36.9 Å². The Labute approximate surface area is 129 Å². The van der Waals surface area contributed by atoms with Gasteiger partial charge in [-0.3, -0.25) is 4.79 Å². The molecule has 0 saturated carbocycles. The lowest BCUT2D eigenvalue weighted by atomic mass is 10.1. The Morgan fingerprint density at radius 1 is 1.41 bits per heavy atom. The molecule has 0 amide bonds. The van der Waals surface area contributed by atoms with Crippen LogP contribution in [0.3, 0.4) is 0 Å². The monoisotopic (exact) mass is 295 g/mol. The maximum Gasteiger partial charge on any atom is 0.267 e. The highest BCUT2D eigenvalue weighted by Crippen LogP contribution is 2.25. The lowest BCUT2D eigenvalue weighted by Crippen LogP contribution is -2.24. The average Bonchev–Trinajstić information content (AvgIpc) is 2.54. The second kappa shape index (κ2) is 7.23. The minimum absolute atomic E-state index is 0.229. The van der Waals surface area contributed by atoms with Crippen LogP contribution >= 0.6 is 0 Å². The third-order valence-corrected chi connectivity index (χ3v) is 3.10. The fraction of sp³-hybridized carbons (Fsp3) is 0.235. The SMILES string of the molecule is C=C(OCC)c1cc(=O)n(CCC#N)nc1-c1ccccc1. The van der Waals surface area contributed by atoms with Crippen LogP contribution in [0.5, 0.6) is 0 Å². The van der Waals surface area contributed by atoms with E-state index in [4.69, 9.17) is 10.00 Å². The molecule has 0 aliphatic rings. The topological polar surface area (TPSA) is 67.9 Å². The van der Waals surface area contributed by atoms with Gasteiger partial charge in [0, 0.05) is 17.2 Å². The highest BCUT2D eigenvalue weighted by molar-refractivity contribution is 5.74. The lowest BCUT2D eigenvalue weighted by molar-refractivity contribution is 0.299. The van der Waals surface area contributed by atoms with E-state index in [9.17, 15) is 4.79 Å². The summed E-state index contributed by atoms with van der Waals surface area (Å²) in [5.41, 5.74) is 1.79. The molecule has 1 aromatic carbocycles. The van der Waals surface area contributed by atoms with Crippen LogP contribution in [0.2, 0.25) is 0 Å². The highest BCUT2D eigenvalue weighted by Gasteiger charge is 2.14. The third-order valence-electron chi connectivity index (χ3n) is 3.10. The van der Waals surface area contributed by atoms with Crippen LogP contribution < -0.4 is 5.56 Å². The maximum atomic E-state index is 12.1. The molecule has 0 spiro atoms. The van der Waals surface area contributed by atoms with Crippen molar-refractivity contribution in [1.29, 1.82) is 5.26 Å². The molecule has 0 saturated heterocycles. The van der Waals surface area contributed by atoms with Crippen molar-refractivity contribution in [1.82, 2.24) is 9.78 Å². The van der Waals surface area contributed by atoms with Gasteiger partial charge in [0.1, 0.15) is 11.5 Å². The summed E-state index contributed by atoms with van der Waals surface area (Å²) in [5, 5.41) is 13.1. The van der Waals surface area contributed by atoms with Crippen molar-refractivity contribution >= 4 is 5.76 Å². The third kappa shape index (κ3) is 3.41. The van der Waals surface area contributed by atoms with Crippen molar-refractivity contribution in [3.05, 3.63) is 58.9 Å². The van der Waals surface area contributed by atoms with Crippen LogP contribution in [0.25, 0.3) is 17.0 Å². The van der Waals surface area contributed by atoms with Crippen molar-refractivity contribution in [2.45, 2.75) is 19.9 Å². The molecular formula is C17H17N3O2. The second-order valence-corrected chi connectivity index (χ2v) is 4.60. The van der Waals surface area contributed by atoms with Crippen LogP contribution in [0.1, 0.15) is 18.9 Å². The molecule has 1 heterocycles. The van der Waals surface area contributed by atoms with E-state index >= 15 is 0 Å². The molecule has 5 nitrogen and oxygen atoms in total. The fourth-order valence-corrected chi connectivity index (χ4v) is 2.08. The Bertz CT molecular complexity index is 758. The Balaban J connectivity index is 2.58. The van der Waals surface area contributed by atoms with E-state index in [0.29, 0.717) is 23.6 Å². The number of aryl methyl sites for hydroxylation is 1. The van der Waals surface area contributed by atoms with Gasteiger partial charge >= 0.3 is 0 Å². The first kappa shape index (κ1) is 15.5. The van der Waals surface area contributed by atoms with Gasteiger partial charge in [-0.25, -0.2) is 4.68 Å². The molecule has 2 rings (SSSR count). The van der Waals surface area contributed by atoms with Gasteiger partial charge in [0.15, 0.2) is 0 Å². The van der Waals surface area contributed by atoms with Crippen molar-refractivity contribution < 1.29 is 4.74 Å². The standard InChI is InChI=1S/C17H17N3O2/c1-3-22-13(2)15-12-16(21)20(11-7-10-18)19-17(15)14-8-5-4-6-9-14/h4-6,8-9,12H,2-3,7,11H2,1H3. The first-order chi connectivity index (χ1) is 10.7. The van der Waals surface area contributed by atoms with Gasteiger partial charge in [0.2, 0.25) is 0 Å². The molecule has 0 aliphatic heterocycles. The molecule has 112 valence electrons. The average molecular weight is 295 g/mol. The molecule has 0 radical (unpaired) electrons. The summed E-state index contributed by atoms with van der Waals surface area (Å²) in [4.78, 5) is 12.1. The minimum Gasteiger partial charge on any atom is -0.494 e. The minimum atomic E-state index is -0.272. The zero-order chi connectivity index (χ0) is 15.9. The van der Waals surface area contributed by atoms with Gasteiger partial charge in [-0.2, -0.15) is 10.4 Å². The van der Waals surface area contributed by atoms with Crippen LogP contribution in [0.15, 0.2) is 47.8 Å². The normalized spacial score (nSPS) is 10.0. The molecule has 0 bridgehead atoms. The molecule has 0 unspecified atom stereocenters. The van der Waals surface area contributed by atoms with Crippen molar-refractivity contribution in [3.63, 3.8) is 0 Å². The molecule has 0 N–H and O–H groups in total. The largest absolute Gasteiger partial charge is 0.494 e. The molecule has 0 aliphatic carbocycles. The lowest BCUT2D eigenvalue weighted by Gasteiger charge is -2.13. The summed E-state index contributed by atoms with van der Waals surface area (Å²) in [6.45, 7) is 6.45. The van der Waals surface area contributed by atoms with Crippen molar-refractivity contribution in [3.8, 4) is 17.3 Å². The number of hydrogen-bond donors (Lipinski definition) is 0. The van der Waals surface area contributed by atoms with E-state index in [2.05, 4.69) is 11.7 Å². The predicted octanol–water partition coefficient (Wildman–Crippen LogP) is 2.83. The zero-order valence-electron chi connectivity index (χ0n) is 12.5. The van der Waals surface area contributed by atoms with Gasteiger partial charge in [0.05, 0.1) is 25.6 Å². The van der Waals surface area contributed by atoms with Crippen LogP contribution in [-0.2, 0) is 11.3 Å². The summed E-state index contributed by atoms with van der Waals surface area (Å²) in [5.74, 6) is 0.415. The number of rotatable bonds is 6. The second-order valence-electron chi connectivity index (χ2n) is 4.60. The summed E-state index contributed by atoms with van der Waals surface area (Å²) in [6, 6.07) is 13.0. The van der Waals surface area contributed by atoms with Crippen LogP contribution in [0, 0.1) is 11.3 Å². The van der Waals surface area contributed by atoms with Gasteiger partial charge in [0.25, 0.3) is 5.56 Å². The molecule has 2 aromatic rings. The first-order valence-electron chi connectivity index (χ1n) is 7.04. The number of hydrogen-bond acceptors (Lipinski definition) is 4. The number of nitrogens with zero attached hydrogens (tertiary/aromatic N) is 3. The Kier molecular flexibility index (Phi) is 5.10. The summed E-state index contributed by atoms with van der Waals surface area (Å²) in [7, 11) is 0. The molecule has 5 heteroatoms. The predicted molar refractivity (Wildman–Crippen MR) is 84.8 cm³/mol.